The number of nitrogens with one attached hydrogen (secondary N) is 1. The molecular weight excluding hydrogens is 342 g/mol. The summed E-state index contributed by atoms with van der Waals surface area (Å²) in [7, 11) is 0. The van der Waals surface area contributed by atoms with Crippen LogP contribution in [0.25, 0.3) is 17.1 Å². The zero-order chi connectivity index (χ0) is 17.9. The second kappa shape index (κ2) is 7.51. The zero-order valence-electron chi connectivity index (χ0n) is 15.0. The molecule has 0 bridgehead atoms. The first-order chi connectivity index (χ1) is 12.7. The molecule has 2 aromatic heterocycles. The molecule has 134 valence electrons. The van der Waals surface area contributed by atoms with Crippen LogP contribution in [-0.2, 0) is 6.67 Å². The fourth-order valence-electron chi connectivity index (χ4n) is 3.55. The number of likely N-dealkylation sites (tertiary alicyclic amines) is 1. The summed E-state index contributed by atoms with van der Waals surface area (Å²) in [4.78, 5) is 5.68. The van der Waals surface area contributed by atoms with Crippen molar-refractivity contribution in [1.82, 2.24) is 19.3 Å². The maximum atomic E-state index is 5.82. The van der Waals surface area contributed by atoms with E-state index in [1.165, 1.54) is 25.9 Å². The average molecular weight is 367 g/mol. The van der Waals surface area contributed by atoms with Crippen molar-refractivity contribution in [2.24, 2.45) is 5.92 Å². The largest absolute Gasteiger partial charge is 0.316 e. The van der Waals surface area contributed by atoms with Gasteiger partial charge in [0.15, 0.2) is 12.5 Å². The fourth-order valence-corrected chi connectivity index (χ4v) is 3.85. The second-order valence-corrected chi connectivity index (χ2v) is 7.47. The Balaban J connectivity index is 1.75. The summed E-state index contributed by atoms with van der Waals surface area (Å²) in [5, 5.41) is 4.90. The van der Waals surface area contributed by atoms with Gasteiger partial charge in [-0.2, -0.15) is 4.68 Å². The van der Waals surface area contributed by atoms with Gasteiger partial charge in [-0.1, -0.05) is 25.1 Å². The third kappa shape index (κ3) is 3.48. The van der Waals surface area contributed by atoms with Crippen LogP contribution in [0, 0.1) is 10.7 Å². The van der Waals surface area contributed by atoms with E-state index in [-0.39, 0.29) is 0 Å². The molecule has 1 aliphatic heterocycles. The molecule has 1 N–H and O–H groups in total. The van der Waals surface area contributed by atoms with Gasteiger partial charge in [0.2, 0.25) is 4.77 Å². The molecule has 1 fully saturated rings. The van der Waals surface area contributed by atoms with Gasteiger partial charge in [-0.3, -0.25) is 9.55 Å². The molecule has 3 heterocycles. The second-order valence-electron chi connectivity index (χ2n) is 7.10. The van der Waals surface area contributed by atoms with Gasteiger partial charge >= 0.3 is 0 Å². The van der Waals surface area contributed by atoms with Crippen molar-refractivity contribution in [2.75, 3.05) is 13.1 Å². The van der Waals surface area contributed by atoms with Crippen LogP contribution in [0.2, 0.25) is 0 Å². The predicted octanol–water partition coefficient (Wildman–Crippen LogP) is 2.74. The van der Waals surface area contributed by atoms with E-state index in [0.29, 0.717) is 0 Å². The van der Waals surface area contributed by atoms with Crippen molar-refractivity contribution in [1.29, 1.82) is 0 Å². The Labute approximate surface area is 158 Å². The summed E-state index contributed by atoms with van der Waals surface area (Å²) < 4.78 is 4.80. The van der Waals surface area contributed by atoms with Gasteiger partial charge in [0.05, 0.1) is 13.1 Å². The Morgan fingerprint density at radius 3 is 2.46 bits per heavy atom. The van der Waals surface area contributed by atoms with Gasteiger partial charge in [0.1, 0.15) is 0 Å². The minimum Gasteiger partial charge on any atom is -0.316 e. The first-order valence-corrected chi connectivity index (χ1v) is 9.62. The number of benzene rings is 1. The number of nitrogens with zero attached hydrogens (tertiary/aromatic N) is 4. The van der Waals surface area contributed by atoms with E-state index in [9.17, 15) is 0 Å². The highest BCUT2D eigenvalue weighted by atomic mass is 32.1. The minimum absolute atomic E-state index is 0.745. The molecular formula is C20H24N5S+. The Morgan fingerprint density at radius 2 is 1.77 bits per heavy atom. The molecule has 0 saturated carbocycles. The molecule has 0 spiro atoms. The van der Waals surface area contributed by atoms with Crippen molar-refractivity contribution >= 4 is 12.2 Å². The SMILES string of the molecule is CC1CC[NH+](Cn2nc(-c3ccncc3)n(-c3ccccc3)c2=S)CC1. The van der Waals surface area contributed by atoms with Crippen molar-refractivity contribution in [2.45, 2.75) is 26.4 Å². The lowest BCUT2D eigenvalue weighted by Gasteiger charge is -2.26. The highest BCUT2D eigenvalue weighted by Crippen LogP contribution is 2.21. The van der Waals surface area contributed by atoms with Crippen LogP contribution in [0.15, 0.2) is 54.9 Å². The van der Waals surface area contributed by atoms with Crippen molar-refractivity contribution in [3.8, 4) is 17.1 Å². The molecule has 0 atom stereocenters. The molecule has 5 nitrogen and oxygen atoms in total. The third-order valence-corrected chi connectivity index (χ3v) is 5.54. The van der Waals surface area contributed by atoms with Crippen LogP contribution < -0.4 is 4.90 Å². The first kappa shape index (κ1) is 17.1. The summed E-state index contributed by atoms with van der Waals surface area (Å²) in [6.45, 7) is 5.54. The van der Waals surface area contributed by atoms with Crippen molar-refractivity contribution in [3.05, 3.63) is 59.6 Å². The van der Waals surface area contributed by atoms with Gasteiger partial charge in [0.25, 0.3) is 0 Å². The molecule has 0 unspecified atom stereocenters. The molecule has 1 saturated heterocycles. The maximum Gasteiger partial charge on any atom is 0.207 e. The Morgan fingerprint density at radius 1 is 1.08 bits per heavy atom. The molecule has 3 aromatic rings. The van der Waals surface area contributed by atoms with E-state index in [1.807, 2.05) is 35.0 Å². The average Bonchev–Trinajstić information content (AvgIpc) is 3.01. The van der Waals surface area contributed by atoms with E-state index in [2.05, 4.69) is 28.6 Å². The smallest absolute Gasteiger partial charge is 0.207 e. The van der Waals surface area contributed by atoms with Crippen LogP contribution in [0.5, 0.6) is 0 Å². The number of aromatic nitrogens is 4. The first-order valence-electron chi connectivity index (χ1n) is 9.21. The van der Waals surface area contributed by atoms with Crippen LogP contribution in [0.1, 0.15) is 19.8 Å². The van der Waals surface area contributed by atoms with Gasteiger partial charge in [-0.15, -0.1) is 5.10 Å². The number of quaternary nitrogens is 1. The maximum absolute atomic E-state index is 5.82. The highest BCUT2D eigenvalue weighted by Gasteiger charge is 2.21. The number of para-hydroxylation sites is 1. The quantitative estimate of drug-likeness (QED) is 0.722. The number of piperidine rings is 1. The third-order valence-electron chi connectivity index (χ3n) is 5.15. The number of pyridine rings is 1. The van der Waals surface area contributed by atoms with Crippen LogP contribution in [0.4, 0.5) is 0 Å². The Hall–Kier alpha value is -2.31. The molecule has 1 aromatic carbocycles. The van der Waals surface area contributed by atoms with E-state index >= 15 is 0 Å². The topological polar surface area (TPSA) is 40.1 Å². The van der Waals surface area contributed by atoms with E-state index in [1.54, 1.807) is 17.3 Å². The number of hydrogen-bond donors (Lipinski definition) is 1. The van der Waals surface area contributed by atoms with Gasteiger partial charge < -0.3 is 4.90 Å². The molecule has 26 heavy (non-hydrogen) atoms. The van der Waals surface area contributed by atoms with Crippen LogP contribution in [-0.4, -0.2) is 32.4 Å². The van der Waals surface area contributed by atoms with Crippen LogP contribution in [0.3, 0.4) is 0 Å². The summed E-state index contributed by atoms with van der Waals surface area (Å²) in [5.74, 6) is 1.70. The molecule has 0 amide bonds. The zero-order valence-corrected chi connectivity index (χ0v) is 15.8. The lowest BCUT2D eigenvalue weighted by Crippen LogP contribution is -3.12. The fraction of sp³-hybridized carbons (Fsp3) is 0.350. The number of hydrogen-bond acceptors (Lipinski definition) is 3. The summed E-state index contributed by atoms with van der Waals surface area (Å²) >= 11 is 5.82. The van der Waals surface area contributed by atoms with E-state index in [0.717, 1.165) is 34.4 Å². The van der Waals surface area contributed by atoms with Crippen LogP contribution >= 0.6 is 12.2 Å². The predicted molar refractivity (Wildman–Crippen MR) is 105 cm³/mol. The van der Waals surface area contributed by atoms with E-state index in [4.69, 9.17) is 17.3 Å². The molecule has 4 rings (SSSR count). The molecule has 0 aliphatic carbocycles. The molecule has 1 aliphatic rings. The normalized spacial score (nSPS) is 20.2. The summed E-state index contributed by atoms with van der Waals surface area (Å²) in [6, 6.07) is 14.2. The van der Waals surface area contributed by atoms with Crippen molar-refractivity contribution in [3.63, 3.8) is 0 Å². The summed E-state index contributed by atoms with van der Waals surface area (Å²) in [6.07, 6.45) is 6.15. The standard InChI is InChI=1S/C20H23N5S/c1-16-9-13-23(14-10-16)15-24-20(26)25(18-5-3-2-4-6-18)19(22-24)17-7-11-21-12-8-17/h2-8,11-12,16H,9-10,13-15H2,1H3/p+1. The Kier molecular flexibility index (Phi) is 4.95. The highest BCUT2D eigenvalue weighted by molar-refractivity contribution is 7.71. The number of rotatable bonds is 4. The lowest BCUT2D eigenvalue weighted by atomic mass is 10.00. The summed E-state index contributed by atoms with van der Waals surface area (Å²) in [5.41, 5.74) is 2.06. The van der Waals surface area contributed by atoms with E-state index < -0.39 is 0 Å². The lowest BCUT2D eigenvalue weighted by molar-refractivity contribution is -0.929. The minimum atomic E-state index is 0.745. The molecule has 6 heteroatoms. The Bertz CT molecular complexity index is 908. The van der Waals surface area contributed by atoms with Gasteiger partial charge in [0, 0.05) is 23.6 Å². The van der Waals surface area contributed by atoms with Gasteiger partial charge in [-0.25, -0.2) is 0 Å². The van der Waals surface area contributed by atoms with Crippen molar-refractivity contribution < 1.29 is 4.90 Å². The molecule has 0 radical (unpaired) electrons. The monoisotopic (exact) mass is 366 g/mol. The van der Waals surface area contributed by atoms with Gasteiger partial charge in [-0.05, 0) is 55.2 Å².